The number of pyridine rings is 1. The first kappa shape index (κ1) is 12.2. The zero-order valence-corrected chi connectivity index (χ0v) is 10.8. The lowest BCUT2D eigenvalue weighted by atomic mass is 10.1. The van der Waals surface area contributed by atoms with Crippen molar-refractivity contribution in [3.8, 4) is 5.88 Å². The van der Waals surface area contributed by atoms with Gasteiger partial charge in [0.15, 0.2) is 5.69 Å². The van der Waals surface area contributed by atoms with Crippen LogP contribution < -0.4 is 4.74 Å². The zero-order valence-electron chi connectivity index (χ0n) is 10.8. The smallest absolute Gasteiger partial charge is 0.354 e. The number of carbonyl (C=O) groups is 1. The number of ether oxygens (including phenoxy) is 1. The maximum absolute atomic E-state index is 11.0. The highest BCUT2D eigenvalue weighted by Gasteiger charge is 2.24. The Bertz CT molecular complexity index is 532. The van der Waals surface area contributed by atoms with Crippen molar-refractivity contribution >= 4 is 11.5 Å². The molecule has 19 heavy (non-hydrogen) atoms. The molecule has 0 amide bonds. The van der Waals surface area contributed by atoms with E-state index in [1.165, 1.54) is 18.4 Å². The number of carboxylic acids is 1. The summed E-state index contributed by atoms with van der Waals surface area (Å²) in [6, 6.07) is 3.39. The molecule has 0 aromatic carbocycles. The first-order valence-electron chi connectivity index (χ1n) is 6.80. The molecule has 4 nitrogen and oxygen atoms in total. The molecular weight excluding hydrogens is 242 g/mol. The molecule has 1 fully saturated rings. The van der Waals surface area contributed by atoms with Gasteiger partial charge >= 0.3 is 5.97 Å². The molecule has 0 unspecified atom stereocenters. The molecule has 1 heterocycles. The number of hydrogen-bond acceptors (Lipinski definition) is 3. The minimum Gasteiger partial charge on any atom is -0.477 e. The molecule has 1 saturated carbocycles. The Morgan fingerprint density at radius 1 is 1.42 bits per heavy atom. The topological polar surface area (TPSA) is 59.4 Å². The van der Waals surface area contributed by atoms with E-state index in [4.69, 9.17) is 9.84 Å². The zero-order chi connectivity index (χ0) is 13.2. The van der Waals surface area contributed by atoms with Gasteiger partial charge in [-0.05, 0) is 55.7 Å². The average Bonchev–Trinajstić information content (AvgIpc) is 3.08. The molecule has 4 heteroatoms. The second-order valence-corrected chi connectivity index (χ2v) is 5.23. The maximum Gasteiger partial charge on any atom is 0.354 e. The van der Waals surface area contributed by atoms with Crippen molar-refractivity contribution in [3.05, 3.63) is 29.5 Å². The highest BCUT2D eigenvalue weighted by molar-refractivity contribution is 5.86. The van der Waals surface area contributed by atoms with Gasteiger partial charge in [-0.25, -0.2) is 9.78 Å². The molecule has 3 rings (SSSR count). The van der Waals surface area contributed by atoms with Crippen LogP contribution in [0.2, 0.25) is 0 Å². The molecule has 1 aromatic heterocycles. The number of aromatic carboxylic acids is 1. The second-order valence-electron chi connectivity index (χ2n) is 5.23. The highest BCUT2D eigenvalue weighted by atomic mass is 16.5. The Morgan fingerprint density at radius 3 is 2.89 bits per heavy atom. The van der Waals surface area contributed by atoms with Gasteiger partial charge in [-0.3, -0.25) is 0 Å². The standard InChI is InChI=1S/C15H17NO3/c17-15(18)13-8-7-12(11-3-1-2-4-11)14(16-13)19-9-10-5-6-10/h3,7-8,10H,1-2,4-6,9H2,(H,17,18). The SMILES string of the molecule is O=C(O)c1ccc(C2=CCCC2)c(OCC2CC2)n1. The molecule has 100 valence electrons. The van der Waals surface area contributed by atoms with Crippen LogP contribution in [-0.4, -0.2) is 22.7 Å². The Morgan fingerprint density at radius 2 is 2.26 bits per heavy atom. The van der Waals surface area contributed by atoms with E-state index in [0.29, 0.717) is 18.4 Å². The van der Waals surface area contributed by atoms with E-state index in [9.17, 15) is 4.79 Å². The summed E-state index contributed by atoms with van der Waals surface area (Å²) in [4.78, 5) is 15.2. The number of nitrogens with zero attached hydrogens (tertiary/aromatic N) is 1. The number of allylic oxidation sites excluding steroid dienone is 2. The quantitative estimate of drug-likeness (QED) is 0.882. The third-order valence-corrected chi connectivity index (χ3v) is 3.62. The summed E-state index contributed by atoms with van der Waals surface area (Å²) in [5, 5.41) is 9.02. The van der Waals surface area contributed by atoms with Crippen molar-refractivity contribution in [2.75, 3.05) is 6.61 Å². The third-order valence-electron chi connectivity index (χ3n) is 3.62. The summed E-state index contributed by atoms with van der Waals surface area (Å²) in [5.41, 5.74) is 2.24. The molecular formula is C15H17NO3. The lowest BCUT2D eigenvalue weighted by Crippen LogP contribution is -2.07. The largest absolute Gasteiger partial charge is 0.477 e. The Hall–Kier alpha value is -1.84. The molecule has 2 aliphatic carbocycles. The number of aromatic nitrogens is 1. The van der Waals surface area contributed by atoms with Crippen LogP contribution in [0, 0.1) is 5.92 Å². The minimum atomic E-state index is -1.01. The van der Waals surface area contributed by atoms with Gasteiger partial charge in [-0.1, -0.05) is 6.08 Å². The molecule has 0 bridgehead atoms. The molecule has 0 aliphatic heterocycles. The summed E-state index contributed by atoms with van der Waals surface area (Å²) in [7, 11) is 0. The maximum atomic E-state index is 11.0. The molecule has 0 radical (unpaired) electrons. The molecule has 0 spiro atoms. The summed E-state index contributed by atoms with van der Waals surface area (Å²) in [5.74, 6) is 0.101. The van der Waals surface area contributed by atoms with E-state index in [-0.39, 0.29) is 5.69 Å². The summed E-state index contributed by atoms with van der Waals surface area (Å²) < 4.78 is 5.75. The van der Waals surface area contributed by atoms with Crippen LogP contribution in [0.3, 0.4) is 0 Å². The predicted octanol–water partition coefficient (Wildman–Crippen LogP) is 3.14. The fraction of sp³-hybridized carbons (Fsp3) is 0.467. The third kappa shape index (κ3) is 2.78. The summed E-state index contributed by atoms with van der Waals surface area (Å²) in [6.07, 6.45) is 7.86. The number of carboxylic acid groups (broad SMARTS) is 1. The van der Waals surface area contributed by atoms with Crippen LogP contribution >= 0.6 is 0 Å². The van der Waals surface area contributed by atoms with Crippen LogP contribution in [0.1, 0.15) is 48.2 Å². The van der Waals surface area contributed by atoms with Crippen molar-refractivity contribution in [2.24, 2.45) is 5.92 Å². The monoisotopic (exact) mass is 259 g/mol. The minimum absolute atomic E-state index is 0.0492. The van der Waals surface area contributed by atoms with Crippen molar-refractivity contribution in [3.63, 3.8) is 0 Å². The van der Waals surface area contributed by atoms with Crippen molar-refractivity contribution in [2.45, 2.75) is 32.1 Å². The lowest BCUT2D eigenvalue weighted by Gasteiger charge is -2.11. The summed E-state index contributed by atoms with van der Waals surface area (Å²) in [6.45, 7) is 0.649. The fourth-order valence-corrected chi connectivity index (χ4v) is 2.31. The van der Waals surface area contributed by atoms with Gasteiger partial charge in [-0.15, -0.1) is 0 Å². The van der Waals surface area contributed by atoms with Crippen molar-refractivity contribution < 1.29 is 14.6 Å². The van der Waals surface area contributed by atoms with E-state index < -0.39 is 5.97 Å². The first-order valence-corrected chi connectivity index (χ1v) is 6.80. The van der Waals surface area contributed by atoms with E-state index in [1.54, 1.807) is 6.07 Å². The van der Waals surface area contributed by atoms with Crippen LogP contribution in [0.15, 0.2) is 18.2 Å². The van der Waals surface area contributed by atoms with Crippen LogP contribution in [0.4, 0.5) is 0 Å². The van der Waals surface area contributed by atoms with Gasteiger partial charge in [0.1, 0.15) is 0 Å². The molecule has 1 aromatic rings. The molecule has 1 N–H and O–H groups in total. The molecule has 0 saturated heterocycles. The van der Waals surface area contributed by atoms with E-state index >= 15 is 0 Å². The van der Waals surface area contributed by atoms with Crippen molar-refractivity contribution in [1.29, 1.82) is 0 Å². The Labute approximate surface area is 112 Å². The predicted molar refractivity (Wildman–Crippen MR) is 71.2 cm³/mol. The Kier molecular flexibility index (Phi) is 3.23. The van der Waals surface area contributed by atoms with Crippen LogP contribution in [0.5, 0.6) is 5.88 Å². The van der Waals surface area contributed by atoms with Crippen LogP contribution in [0.25, 0.3) is 5.57 Å². The second kappa shape index (κ2) is 5.03. The normalized spacial score (nSPS) is 18.2. The fourth-order valence-electron chi connectivity index (χ4n) is 2.31. The molecule has 0 atom stereocenters. The first-order chi connectivity index (χ1) is 9.24. The summed E-state index contributed by atoms with van der Waals surface area (Å²) >= 11 is 0. The number of rotatable bonds is 5. The van der Waals surface area contributed by atoms with Gasteiger partial charge in [0, 0.05) is 5.56 Å². The van der Waals surface area contributed by atoms with Gasteiger partial charge in [0.05, 0.1) is 6.61 Å². The Balaban J connectivity index is 1.89. The van der Waals surface area contributed by atoms with Gasteiger partial charge in [0.2, 0.25) is 5.88 Å². The average molecular weight is 259 g/mol. The van der Waals surface area contributed by atoms with E-state index in [1.807, 2.05) is 6.07 Å². The molecule has 2 aliphatic rings. The van der Waals surface area contributed by atoms with Gasteiger partial charge in [0.25, 0.3) is 0 Å². The lowest BCUT2D eigenvalue weighted by molar-refractivity contribution is 0.0689. The highest BCUT2D eigenvalue weighted by Crippen LogP contribution is 2.35. The van der Waals surface area contributed by atoms with Crippen molar-refractivity contribution in [1.82, 2.24) is 4.98 Å². The number of hydrogen-bond donors (Lipinski definition) is 1. The van der Waals surface area contributed by atoms with Crippen LogP contribution in [-0.2, 0) is 0 Å². The van der Waals surface area contributed by atoms with E-state index in [0.717, 1.165) is 24.8 Å². The van der Waals surface area contributed by atoms with Gasteiger partial charge in [-0.2, -0.15) is 0 Å². The van der Waals surface area contributed by atoms with E-state index in [2.05, 4.69) is 11.1 Å². The van der Waals surface area contributed by atoms with Gasteiger partial charge < -0.3 is 9.84 Å².